The number of hydrogen-bond donors (Lipinski definition) is 4. The average molecular weight is 490 g/mol. The third-order valence-electron chi connectivity index (χ3n) is 5.54. The van der Waals surface area contributed by atoms with Crippen molar-refractivity contribution in [1.82, 2.24) is 24.5 Å². The standard InChI is InChI=1S/C26H31N7O3/c1-26(2,3)32-24-23-18(8-10-33(11-12-34)25(23)36)14-22(31-24)30-21-13-17(7-9-28-21)20(35)6-4-5-19-15-27-16-29-19/h7-10,13-16,34H,4-6,11-12H2,1-3H3,(H,27,29)(H2,28,30,31,32). The van der Waals surface area contributed by atoms with Crippen molar-refractivity contribution in [2.45, 2.75) is 52.1 Å². The first-order valence-corrected chi connectivity index (χ1v) is 11.9. The highest BCUT2D eigenvalue weighted by Crippen LogP contribution is 2.26. The van der Waals surface area contributed by atoms with Crippen LogP contribution in [0.4, 0.5) is 17.5 Å². The zero-order valence-electron chi connectivity index (χ0n) is 20.7. The Kier molecular flexibility index (Phi) is 7.44. The van der Waals surface area contributed by atoms with Crippen molar-refractivity contribution in [1.29, 1.82) is 0 Å². The van der Waals surface area contributed by atoms with Crippen molar-refractivity contribution in [3.63, 3.8) is 0 Å². The van der Waals surface area contributed by atoms with Crippen LogP contribution in [-0.2, 0) is 13.0 Å². The fraction of sp³-hybridized carbons (Fsp3) is 0.346. The highest BCUT2D eigenvalue weighted by Gasteiger charge is 2.18. The van der Waals surface area contributed by atoms with Gasteiger partial charge in [0.05, 0.1) is 18.3 Å². The minimum atomic E-state index is -0.344. The Morgan fingerprint density at radius 2 is 2.03 bits per heavy atom. The number of imidazole rings is 1. The molecule has 0 radical (unpaired) electrons. The number of Topliss-reactive ketones (excluding diaryl/α,β-unsaturated/α-hetero) is 1. The number of aromatic amines is 1. The second-order valence-electron chi connectivity index (χ2n) is 9.64. The SMILES string of the molecule is CC(C)(C)Nc1nc(Nc2cc(C(=O)CCCc3cnc[nH]3)ccn2)cc2ccn(CCO)c(=O)c12. The lowest BCUT2D eigenvalue weighted by atomic mass is 10.1. The number of H-pyrrole nitrogens is 1. The molecule has 10 nitrogen and oxygen atoms in total. The molecule has 4 rings (SSSR count). The van der Waals surface area contributed by atoms with Gasteiger partial charge in [-0.2, -0.15) is 0 Å². The second kappa shape index (κ2) is 10.7. The van der Waals surface area contributed by atoms with Crippen LogP contribution in [0.15, 0.2) is 54.0 Å². The molecule has 4 aromatic heterocycles. The number of anilines is 3. The van der Waals surface area contributed by atoms with E-state index in [1.165, 1.54) is 4.57 Å². The molecule has 0 aliphatic rings. The van der Waals surface area contributed by atoms with Gasteiger partial charge >= 0.3 is 0 Å². The van der Waals surface area contributed by atoms with E-state index in [0.717, 1.165) is 12.1 Å². The van der Waals surface area contributed by atoms with E-state index in [9.17, 15) is 14.7 Å². The van der Waals surface area contributed by atoms with Crippen molar-refractivity contribution >= 4 is 34.0 Å². The normalized spacial score (nSPS) is 11.6. The molecule has 0 aromatic carbocycles. The lowest BCUT2D eigenvalue weighted by Crippen LogP contribution is -2.29. The van der Waals surface area contributed by atoms with E-state index in [2.05, 4.69) is 30.6 Å². The summed E-state index contributed by atoms with van der Waals surface area (Å²) >= 11 is 0. The highest BCUT2D eigenvalue weighted by molar-refractivity contribution is 5.97. The largest absolute Gasteiger partial charge is 0.395 e. The summed E-state index contributed by atoms with van der Waals surface area (Å²) in [6.45, 7) is 6.02. The number of ketones is 1. The molecule has 36 heavy (non-hydrogen) atoms. The highest BCUT2D eigenvalue weighted by atomic mass is 16.3. The quantitative estimate of drug-likeness (QED) is 0.248. The maximum Gasteiger partial charge on any atom is 0.262 e. The zero-order valence-corrected chi connectivity index (χ0v) is 20.7. The van der Waals surface area contributed by atoms with Gasteiger partial charge in [-0.1, -0.05) is 0 Å². The Bertz CT molecular complexity index is 1410. The number of aromatic nitrogens is 5. The van der Waals surface area contributed by atoms with Gasteiger partial charge in [0, 0.05) is 48.4 Å². The summed E-state index contributed by atoms with van der Waals surface area (Å²) in [6, 6.07) is 7.00. The van der Waals surface area contributed by atoms with Gasteiger partial charge in [0.2, 0.25) is 0 Å². The van der Waals surface area contributed by atoms with Crippen LogP contribution in [0.25, 0.3) is 10.8 Å². The molecule has 0 saturated heterocycles. The molecule has 4 heterocycles. The van der Waals surface area contributed by atoms with Crippen molar-refractivity contribution in [2.75, 3.05) is 17.2 Å². The number of pyridine rings is 3. The molecule has 0 unspecified atom stereocenters. The Morgan fingerprint density at radius 1 is 1.19 bits per heavy atom. The number of nitrogens with zero attached hydrogens (tertiary/aromatic N) is 4. The summed E-state index contributed by atoms with van der Waals surface area (Å²) in [7, 11) is 0. The fourth-order valence-corrected chi connectivity index (χ4v) is 3.90. The van der Waals surface area contributed by atoms with Crippen molar-refractivity contribution in [3.8, 4) is 0 Å². The maximum absolute atomic E-state index is 13.1. The summed E-state index contributed by atoms with van der Waals surface area (Å²) in [5.41, 5.74) is 1.000. The number of hydrogen-bond acceptors (Lipinski definition) is 8. The minimum Gasteiger partial charge on any atom is -0.395 e. The van der Waals surface area contributed by atoms with Gasteiger partial charge in [0.25, 0.3) is 5.56 Å². The lowest BCUT2D eigenvalue weighted by Gasteiger charge is -2.23. The van der Waals surface area contributed by atoms with E-state index in [0.29, 0.717) is 46.6 Å². The van der Waals surface area contributed by atoms with E-state index in [1.54, 1.807) is 43.1 Å². The molecule has 0 atom stereocenters. The predicted molar refractivity (Wildman–Crippen MR) is 140 cm³/mol. The van der Waals surface area contributed by atoms with E-state index in [-0.39, 0.29) is 30.0 Å². The average Bonchev–Trinajstić information content (AvgIpc) is 3.33. The Balaban J connectivity index is 1.58. The summed E-state index contributed by atoms with van der Waals surface area (Å²) < 4.78 is 1.47. The van der Waals surface area contributed by atoms with Gasteiger partial charge in [-0.15, -0.1) is 0 Å². The van der Waals surface area contributed by atoms with Gasteiger partial charge < -0.3 is 25.3 Å². The molecule has 0 saturated carbocycles. The van der Waals surface area contributed by atoms with Gasteiger partial charge in [-0.3, -0.25) is 9.59 Å². The van der Waals surface area contributed by atoms with Crippen LogP contribution in [0.5, 0.6) is 0 Å². The molecular formula is C26H31N7O3. The van der Waals surface area contributed by atoms with Crippen LogP contribution in [0, 0.1) is 0 Å². The van der Waals surface area contributed by atoms with Gasteiger partial charge in [-0.05, 0) is 63.3 Å². The smallest absolute Gasteiger partial charge is 0.262 e. The molecule has 188 valence electrons. The number of rotatable bonds is 10. The van der Waals surface area contributed by atoms with E-state index in [4.69, 9.17) is 0 Å². The predicted octanol–water partition coefficient (Wildman–Crippen LogP) is 3.67. The van der Waals surface area contributed by atoms with E-state index >= 15 is 0 Å². The number of aliphatic hydroxyl groups is 1. The van der Waals surface area contributed by atoms with E-state index in [1.807, 2.05) is 26.8 Å². The van der Waals surface area contributed by atoms with Gasteiger partial charge in [-0.25, -0.2) is 15.0 Å². The Hall–Kier alpha value is -4.05. The van der Waals surface area contributed by atoms with Crippen LogP contribution >= 0.6 is 0 Å². The van der Waals surface area contributed by atoms with Crippen LogP contribution in [0.2, 0.25) is 0 Å². The van der Waals surface area contributed by atoms with Crippen LogP contribution in [-0.4, -0.2) is 47.5 Å². The number of fused-ring (bicyclic) bond motifs is 1. The first-order chi connectivity index (χ1) is 17.2. The van der Waals surface area contributed by atoms with Crippen molar-refractivity contribution in [3.05, 3.63) is 70.8 Å². The van der Waals surface area contributed by atoms with Gasteiger partial charge in [0.15, 0.2) is 5.78 Å². The molecule has 0 bridgehead atoms. The molecule has 4 N–H and O–H groups in total. The second-order valence-corrected chi connectivity index (χ2v) is 9.64. The van der Waals surface area contributed by atoms with E-state index < -0.39 is 0 Å². The number of carbonyl (C=O) groups is 1. The Labute approximate surface area is 208 Å². The number of nitrogens with one attached hydrogen (secondary N) is 3. The molecular weight excluding hydrogens is 458 g/mol. The van der Waals surface area contributed by atoms with Crippen LogP contribution in [0.1, 0.15) is 49.7 Å². The first kappa shape index (κ1) is 25.1. The topological polar surface area (TPSA) is 138 Å². The molecule has 0 fully saturated rings. The zero-order chi connectivity index (χ0) is 25.7. The third kappa shape index (κ3) is 6.14. The van der Waals surface area contributed by atoms with Crippen LogP contribution in [0.3, 0.4) is 0 Å². The molecule has 10 heteroatoms. The van der Waals surface area contributed by atoms with Crippen LogP contribution < -0.4 is 16.2 Å². The molecule has 0 spiro atoms. The fourth-order valence-electron chi connectivity index (χ4n) is 3.90. The van der Waals surface area contributed by atoms with Gasteiger partial charge in [0.1, 0.15) is 17.5 Å². The molecule has 0 amide bonds. The Morgan fingerprint density at radius 3 is 2.75 bits per heavy atom. The summed E-state index contributed by atoms with van der Waals surface area (Å²) in [5, 5.41) is 16.9. The van der Waals surface area contributed by atoms with Crippen molar-refractivity contribution < 1.29 is 9.90 Å². The maximum atomic E-state index is 13.1. The van der Waals surface area contributed by atoms with Crippen molar-refractivity contribution in [2.24, 2.45) is 0 Å². The lowest BCUT2D eigenvalue weighted by molar-refractivity contribution is 0.0980. The summed E-state index contributed by atoms with van der Waals surface area (Å²) in [4.78, 5) is 41.8. The summed E-state index contributed by atoms with van der Waals surface area (Å²) in [5.74, 6) is 1.44. The molecule has 4 aromatic rings. The summed E-state index contributed by atoms with van der Waals surface area (Å²) in [6.07, 6.45) is 8.53. The minimum absolute atomic E-state index is 0.0333. The monoisotopic (exact) mass is 489 g/mol. The number of aliphatic hydroxyl groups excluding tert-OH is 1. The third-order valence-corrected chi connectivity index (χ3v) is 5.54. The molecule has 0 aliphatic carbocycles. The molecule has 0 aliphatic heterocycles. The number of carbonyl (C=O) groups excluding carboxylic acids is 1. The first-order valence-electron chi connectivity index (χ1n) is 11.9. The number of aryl methyl sites for hydroxylation is 1.